The highest BCUT2D eigenvalue weighted by Crippen LogP contribution is 2.27. The van der Waals surface area contributed by atoms with Crippen molar-refractivity contribution in [2.45, 2.75) is 13.0 Å². The van der Waals surface area contributed by atoms with Crippen molar-refractivity contribution in [3.8, 4) is 0 Å². The van der Waals surface area contributed by atoms with Gasteiger partial charge in [0, 0.05) is 29.9 Å². The molecule has 16 heavy (non-hydrogen) atoms. The van der Waals surface area contributed by atoms with Gasteiger partial charge in [0.15, 0.2) is 0 Å². The molecule has 0 radical (unpaired) electrons. The first-order chi connectivity index (χ1) is 7.68. The second-order valence-electron chi connectivity index (χ2n) is 3.64. The van der Waals surface area contributed by atoms with Gasteiger partial charge in [0.05, 0.1) is 6.04 Å². The number of pyridine rings is 1. The lowest BCUT2D eigenvalue weighted by Crippen LogP contribution is -2.20. The van der Waals surface area contributed by atoms with E-state index in [1.807, 2.05) is 29.5 Å². The van der Waals surface area contributed by atoms with E-state index >= 15 is 0 Å². The monoisotopic (exact) mass is 236 g/mol. The van der Waals surface area contributed by atoms with Crippen LogP contribution in [-0.4, -0.2) is 12.0 Å². The van der Waals surface area contributed by atoms with Crippen LogP contribution in [0.15, 0.2) is 35.8 Å². The number of thiophene rings is 1. The summed E-state index contributed by atoms with van der Waals surface area (Å²) in [6.45, 7) is 2.10. The van der Waals surface area contributed by atoms with Crippen LogP contribution >= 0.6 is 11.3 Å². The topological polar surface area (TPSA) is 16.1 Å². The molecule has 0 aliphatic heterocycles. The average molecular weight is 236 g/mol. The van der Waals surface area contributed by atoms with E-state index in [1.165, 1.54) is 17.1 Å². The Bertz CT molecular complexity index is 456. The first-order valence-corrected chi connectivity index (χ1v) is 5.94. The number of anilines is 1. The van der Waals surface area contributed by atoms with Gasteiger partial charge in [-0.05, 0) is 24.4 Å². The molecule has 2 rings (SSSR count). The van der Waals surface area contributed by atoms with Gasteiger partial charge in [0.2, 0.25) is 5.95 Å². The van der Waals surface area contributed by atoms with Crippen LogP contribution in [0.3, 0.4) is 0 Å². The van der Waals surface area contributed by atoms with Crippen molar-refractivity contribution < 1.29 is 4.39 Å². The SMILES string of the molecule is CC(c1cccs1)N(C)c1ccnc(F)c1. The fraction of sp³-hybridized carbons (Fsp3) is 0.250. The largest absolute Gasteiger partial charge is 0.367 e. The van der Waals surface area contributed by atoms with Gasteiger partial charge in [-0.1, -0.05) is 6.07 Å². The molecule has 0 fully saturated rings. The third-order valence-corrected chi connectivity index (χ3v) is 3.70. The van der Waals surface area contributed by atoms with E-state index in [-0.39, 0.29) is 6.04 Å². The van der Waals surface area contributed by atoms with Crippen molar-refractivity contribution in [3.05, 3.63) is 46.7 Å². The van der Waals surface area contributed by atoms with Crippen molar-refractivity contribution in [2.75, 3.05) is 11.9 Å². The van der Waals surface area contributed by atoms with Crippen LogP contribution in [-0.2, 0) is 0 Å². The van der Waals surface area contributed by atoms with Gasteiger partial charge >= 0.3 is 0 Å². The molecule has 1 atom stereocenters. The lowest BCUT2D eigenvalue weighted by Gasteiger charge is -2.26. The van der Waals surface area contributed by atoms with Gasteiger partial charge in [-0.15, -0.1) is 11.3 Å². The average Bonchev–Trinajstić information content (AvgIpc) is 2.80. The highest BCUT2D eigenvalue weighted by Gasteiger charge is 2.13. The van der Waals surface area contributed by atoms with Crippen LogP contribution in [0.25, 0.3) is 0 Å². The summed E-state index contributed by atoms with van der Waals surface area (Å²) in [5.74, 6) is -0.442. The maximum Gasteiger partial charge on any atom is 0.214 e. The molecule has 0 saturated carbocycles. The van der Waals surface area contributed by atoms with Crippen LogP contribution in [0.5, 0.6) is 0 Å². The maximum atomic E-state index is 13.0. The van der Waals surface area contributed by atoms with Crippen molar-refractivity contribution >= 4 is 17.0 Å². The molecule has 0 saturated heterocycles. The van der Waals surface area contributed by atoms with Gasteiger partial charge in [-0.2, -0.15) is 4.39 Å². The predicted octanol–water partition coefficient (Wildman–Crippen LogP) is 3.48. The van der Waals surface area contributed by atoms with E-state index in [1.54, 1.807) is 11.3 Å². The molecule has 0 bridgehead atoms. The fourth-order valence-corrected chi connectivity index (χ4v) is 2.38. The van der Waals surface area contributed by atoms with E-state index in [2.05, 4.69) is 18.0 Å². The van der Waals surface area contributed by atoms with E-state index in [0.717, 1.165) is 5.69 Å². The molecular formula is C12H13FN2S. The van der Waals surface area contributed by atoms with Crippen LogP contribution in [0.1, 0.15) is 17.8 Å². The molecular weight excluding hydrogens is 223 g/mol. The lowest BCUT2D eigenvalue weighted by atomic mass is 10.2. The smallest absolute Gasteiger partial charge is 0.214 e. The van der Waals surface area contributed by atoms with E-state index in [4.69, 9.17) is 0 Å². The van der Waals surface area contributed by atoms with Gasteiger partial charge in [-0.25, -0.2) is 4.98 Å². The molecule has 0 amide bonds. The second kappa shape index (κ2) is 4.61. The highest BCUT2D eigenvalue weighted by atomic mass is 32.1. The van der Waals surface area contributed by atoms with Crippen molar-refractivity contribution in [1.29, 1.82) is 0 Å². The second-order valence-corrected chi connectivity index (χ2v) is 4.62. The molecule has 4 heteroatoms. The summed E-state index contributed by atoms with van der Waals surface area (Å²) in [4.78, 5) is 6.86. The Labute approximate surface area is 98.4 Å². The molecule has 2 nitrogen and oxygen atoms in total. The van der Waals surface area contributed by atoms with Crippen LogP contribution in [0.4, 0.5) is 10.1 Å². The Balaban J connectivity index is 2.22. The van der Waals surface area contributed by atoms with E-state index in [9.17, 15) is 4.39 Å². The fourth-order valence-electron chi connectivity index (χ4n) is 1.56. The quantitative estimate of drug-likeness (QED) is 0.758. The molecule has 0 aliphatic carbocycles. The van der Waals surface area contributed by atoms with Gasteiger partial charge in [0.25, 0.3) is 0 Å². The molecule has 2 aromatic heterocycles. The molecule has 2 aromatic rings. The number of aromatic nitrogens is 1. The first kappa shape index (κ1) is 11.1. The highest BCUT2D eigenvalue weighted by molar-refractivity contribution is 7.10. The van der Waals surface area contributed by atoms with E-state index in [0.29, 0.717) is 0 Å². The molecule has 0 N–H and O–H groups in total. The zero-order chi connectivity index (χ0) is 11.5. The summed E-state index contributed by atoms with van der Waals surface area (Å²) in [7, 11) is 1.96. The van der Waals surface area contributed by atoms with Gasteiger partial charge < -0.3 is 4.90 Å². The Hall–Kier alpha value is -1.42. The third kappa shape index (κ3) is 2.22. The molecule has 2 heterocycles. The summed E-state index contributed by atoms with van der Waals surface area (Å²) in [5.41, 5.74) is 0.841. The molecule has 0 spiro atoms. The van der Waals surface area contributed by atoms with Crippen molar-refractivity contribution in [1.82, 2.24) is 4.98 Å². The van der Waals surface area contributed by atoms with Crippen LogP contribution in [0, 0.1) is 5.95 Å². The zero-order valence-corrected chi connectivity index (χ0v) is 10.0. The predicted molar refractivity (Wildman–Crippen MR) is 65.3 cm³/mol. The summed E-state index contributed by atoms with van der Waals surface area (Å²) in [5, 5.41) is 2.05. The number of hydrogen-bond donors (Lipinski definition) is 0. The number of nitrogens with zero attached hydrogens (tertiary/aromatic N) is 2. The summed E-state index contributed by atoms with van der Waals surface area (Å²) < 4.78 is 13.0. The third-order valence-electron chi connectivity index (χ3n) is 2.65. The Morgan fingerprint density at radius 3 is 2.88 bits per heavy atom. The summed E-state index contributed by atoms with van der Waals surface area (Å²) in [6.07, 6.45) is 1.49. The summed E-state index contributed by atoms with van der Waals surface area (Å²) in [6, 6.07) is 7.61. The molecule has 1 unspecified atom stereocenters. The van der Waals surface area contributed by atoms with Gasteiger partial charge in [-0.3, -0.25) is 0 Å². The van der Waals surface area contributed by atoms with E-state index < -0.39 is 5.95 Å². The molecule has 84 valence electrons. The number of halogens is 1. The Kier molecular flexibility index (Phi) is 3.19. The van der Waals surface area contributed by atoms with Gasteiger partial charge in [0.1, 0.15) is 0 Å². The summed E-state index contributed by atoms with van der Waals surface area (Å²) >= 11 is 1.71. The zero-order valence-electron chi connectivity index (χ0n) is 9.22. The lowest BCUT2D eigenvalue weighted by molar-refractivity contribution is 0.582. The molecule has 0 aliphatic rings. The number of hydrogen-bond acceptors (Lipinski definition) is 3. The minimum absolute atomic E-state index is 0.238. The standard InChI is InChI=1S/C12H13FN2S/c1-9(11-4-3-7-16-11)15(2)10-5-6-14-12(13)8-10/h3-9H,1-2H3. The normalized spacial score (nSPS) is 12.4. The minimum Gasteiger partial charge on any atom is -0.367 e. The Morgan fingerprint density at radius 1 is 1.44 bits per heavy atom. The van der Waals surface area contributed by atoms with Crippen LogP contribution < -0.4 is 4.90 Å². The van der Waals surface area contributed by atoms with Crippen molar-refractivity contribution in [2.24, 2.45) is 0 Å². The van der Waals surface area contributed by atoms with Crippen molar-refractivity contribution in [3.63, 3.8) is 0 Å². The maximum absolute atomic E-state index is 13.0. The minimum atomic E-state index is -0.442. The first-order valence-electron chi connectivity index (χ1n) is 5.06. The van der Waals surface area contributed by atoms with Crippen LogP contribution in [0.2, 0.25) is 0 Å². The number of rotatable bonds is 3. The Morgan fingerprint density at radius 2 is 2.25 bits per heavy atom. The molecule has 0 aromatic carbocycles.